The Bertz CT molecular complexity index is 1650. The minimum atomic E-state index is -4.16. The lowest BCUT2D eigenvalue weighted by molar-refractivity contribution is -0.119. The molecule has 0 fully saturated rings. The highest BCUT2D eigenvalue weighted by atomic mass is 32.2. The number of nitrogens with zero attached hydrogens (tertiary/aromatic N) is 2. The summed E-state index contributed by atoms with van der Waals surface area (Å²) in [6, 6.07) is 28.8. The highest BCUT2D eigenvalue weighted by molar-refractivity contribution is 7.92. The number of ether oxygens (including phenoxy) is 1. The van der Waals surface area contributed by atoms with Crippen LogP contribution in [0.25, 0.3) is 0 Å². The largest absolute Gasteiger partial charge is 0.457 e. The highest BCUT2D eigenvalue weighted by Gasteiger charge is 2.29. The third kappa shape index (κ3) is 5.65. The maximum atomic E-state index is 13.7. The van der Waals surface area contributed by atoms with Crippen LogP contribution >= 0.6 is 0 Å². The number of hydrogen-bond donors (Lipinski definition) is 2. The average molecular weight is 541 g/mol. The molecule has 0 saturated carbocycles. The van der Waals surface area contributed by atoms with Crippen LogP contribution < -0.4 is 19.8 Å². The smallest absolute Gasteiger partial charge is 0.276 e. The standard InChI is InChI=1S/C29H24N4O5S/c1-20-11-13-21(14-12-20)33(19-27(34)31-32-28-25-9-5-6-10-26(25)30-29(28)35)39(36,37)24-17-15-23(16-18-24)38-22-7-3-2-4-8-22/h2-18H,19H2,1H3,(H,31,34)(H,30,32,35). The van der Waals surface area contributed by atoms with Crippen LogP contribution in [-0.2, 0) is 19.6 Å². The highest BCUT2D eigenvalue weighted by Crippen LogP contribution is 2.27. The first-order valence-electron chi connectivity index (χ1n) is 12.0. The number of benzene rings is 4. The van der Waals surface area contributed by atoms with Crippen molar-refractivity contribution in [2.75, 3.05) is 16.2 Å². The lowest BCUT2D eigenvalue weighted by Gasteiger charge is -2.24. The zero-order chi connectivity index (χ0) is 27.4. The lowest BCUT2D eigenvalue weighted by Crippen LogP contribution is -2.40. The zero-order valence-corrected chi connectivity index (χ0v) is 21.7. The topological polar surface area (TPSA) is 117 Å². The molecule has 196 valence electrons. The van der Waals surface area contributed by atoms with Crippen molar-refractivity contribution in [3.05, 3.63) is 114 Å². The molecule has 4 aromatic rings. The first kappa shape index (κ1) is 25.7. The second-order valence-electron chi connectivity index (χ2n) is 8.73. The SMILES string of the molecule is Cc1ccc(N(CC(=O)N/N=C2\C(=O)Nc3ccccc32)S(=O)(=O)c2ccc(Oc3ccccc3)cc2)cc1. The molecule has 4 aromatic carbocycles. The van der Waals surface area contributed by atoms with E-state index in [9.17, 15) is 18.0 Å². The molecule has 2 amide bonds. The van der Waals surface area contributed by atoms with E-state index in [0.717, 1.165) is 9.87 Å². The number of anilines is 2. The van der Waals surface area contributed by atoms with Crippen molar-refractivity contribution in [3.8, 4) is 11.5 Å². The molecule has 0 radical (unpaired) electrons. The predicted molar refractivity (Wildman–Crippen MR) is 148 cm³/mol. The van der Waals surface area contributed by atoms with Gasteiger partial charge in [0, 0.05) is 5.56 Å². The Morgan fingerprint density at radius 1 is 0.872 bits per heavy atom. The summed E-state index contributed by atoms with van der Waals surface area (Å²) in [4.78, 5) is 25.2. The predicted octanol–water partition coefficient (Wildman–Crippen LogP) is 4.46. The van der Waals surface area contributed by atoms with Gasteiger partial charge in [-0.05, 0) is 61.5 Å². The summed E-state index contributed by atoms with van der Waals surface area (Å²) in [5, 5.41) is 6.65. The van der Waals surface area contributed by atoms with E-state index in [1.807, 2.05) is 25.1 Å². The van der Waals surface area contributed by atoms with Crippen LogP contribution in [0.4, 0.5) is 11.4 Å². The van der Waals surface area contributed by atoms with Gasteiger partial charge in [0.05, 0.1) is 16.3 Å². The number of carbonyl (C=O) groups excluding carboxylic acids is 2. The van der Waals surface area contributed by atoms with Gasteiger partial charge in [0.2, 0.25) is 0 Å². The van der Waals surface area contributed by atoms with Gasteiger partial charge >= 0.3 is 0 Å². The van der Waals surface area contributed by atoms with Gasteiger partial charge in [-0.2, -0.15) is 5.10 Å². The van der Waals surface area contributed by atoms with Gasteiger partial charge < -0.3 is 10.1 Å². The number of para-hydroxylation sites is 2. The van der Waals surface area contributed by atoms with Crippen LogP contribution in [0.2, 0.25) is 0 Å². The molecule has 0 unspecified atom stereocenters. The van der Waals surface area contributed by atoms with E-state index < -0.39 is 28.4 Å². The molecule has 0 aliphatic carbocycles. The van der Waals surface area contributed by atoms with E-state index in [-0.39, 0.29) is 10.6 Å². The quantitative estimate of drug-likeness (QED) is 0.320. The summed E-state index contributed by atoms with van der Waals surface area (Å²) in [5.41, 5.74) is 4.73. The number of hydrazone groups is 1. The lowest BCUT2D eigenvalue weighted by atomic mass is 10.1. The summed E-state index contributed by atoms with van der Waals surface area (Å²) in [6.45, 7) is 1.31. The Hall–Kier alpha value is -4.96. The molecule has 5 rings (SSSR count). The molecule has 1 aliphatic rings. The monoisotopic (exact) mass is 540 g/mol. The van der Waals surface area contributed by atoms with Crippen LogP contribution in [0.15, 0.2) is 113 Å². The van der Waals surface area contributed by atoms with Crippen molar-refractivity contribution in [2.24, 2.45) is 5.10 Å². The molecule has 10 heteroatoms. The van der Waals surface area contributed by atoms with Gasteiger partial charge in [0.25, 0.3) is 21.8 Å². The second-order valence-corrected chi connectivity index (χ2v) is 10.6. The Labute approximate surface area is 225 Å². The minimum Gasteiger partial charge on any atom is -0.457 e. The van der Waals surface area contributed by atoms with E-state index in [2.05, 4.69) is 15.8 Å². The van der Waals surface area contributed by atoms with E-state index in [1.54, 1.807) is 72.8 Å². The molecule has 0 spiro atoms. The molecule has 0 saturated heterocycles. The molecular weight excluding hydrogens is 516 g/mol. The van der Waals surface area contributed by atoms with Crippen LogP contribution in [0, 0.1) is 6.92 Å². The summed E-state index contributed by atoms with van der Waals surface area (Å²) < 4.78 is 34.2. The molecule has 1 aliphatic heterocycles. The maximum absolute atomic E-state index is 13.7. The van der Waals surface area contributed by atoms with E-state index in [4.69, 9.17) is 4.74 Å². The average Bonchev–Trinajstić information content (AvgIpc) is 3.26. The molecule has 39 heavy (non-hydrogen) atoms. The number of rotatable bonds is 8. The van der Waals surface area contributed by atoms with Gasteiger partial charge in [0.15, 0.2) is 5.71 Å². The minimum absolute atomic E-state index is 0.0216. The zero-order valence-electron chi connectivity index (χ0n) is 20.9. The summed E-state index contributed by atoms with van der Waals surface area (Å²) in [7, 11) is -4.16. The second kappa shape index (κ2) is 10.8. The molecule has 0 bridgehead atoms. The van der Waals surface area contributed by atoms with Crippen molar-refractivity contribution in [1.82, 2.24) is 5.43 Å². The first-order valence-corrected chi connectivity index (χ1v) is 13.4. The summed E-state index contributed by atoms with van der Waals surface area (Å²) >= 11 is 0. The fourth-order valence-electron chi connectivity index (χ4n) is 3.96. The molecule has 2 N–H and O–H groups in total. The number of fused-ring (bicyclic) bond motifs is 1. The number of amides is 2. The molecule has 9 nitrogen and oxygen atoms in total. The van der Waals surface area contributed by atoms with Gasteiger partial charge in [0.1, 0.15) is 18.0 Å². The van der Waals surface area contributed by atoms with Crippen LogP contribution in [0.1, 0.15) is 11.1 Å². The van der Waals surface area contributed by atoms with Crippen molar-refractivity contribution >= 4 is 38.9 Å². The summed E-state index contributed by atoms with van der Waals surface area (Å²) in [6.07, 6.45) is 0. The number of sulfonamides is 1. The Morgan fingerprint density at radius 3 is 2.23 bits per heavy atom. The number of hydrogen-bond acceptors (Lipinski definition) is 6. The normalized spacial score (nSPS) is 13.5. The molecule has 0 atom stereocenters. The third-order valence-corrected chi connectivity index (χ3v) is 7.73. The maximum Gasteiger partial charge on any atom is 0.276 e. The molecule has 0 aromatic heterocycles. The Kier molecular flexibility index (Phi) is 7.11. The van der Waals surface area contributed by atoms with Crippen molar-refractivity contribution in [1.29, 1.82) is 0 Å². The van der Waals surface area contributed by atoms with Crippen LogP contribution in [0.3, 0.4) is 0 Å². The molecule has 1 heterocycles. The van der Waals surface area contributed by atoms with Gasteiger partial charge in [-0.1, -0.05) is 54.1 Å². The number of aryl methyl sites for hydroxylation is 1. The first-order chi connectivity index (χ1) is 18.8. The van der Waals surface area contributed by atoms with Crippen LogP contribution in [-0.4, -0.2) is 32.5 Å². The van der Waals surface area contributed by atoms with Crippen molar-refractivity contribution < 1.29 is 22.7 Å². The Morgan fingerprint density at radius 2 is 1.51 bits per heavy atom. The summed E-state index contributed by atoms with van der Waals surface area (Å²) in [5.74, 6) is -0.0952. The fourth-order valence-corrected chi connectivity index (χ4v) is 5.38. The van der Waals surface area contributed by atoms with Gasteiger partial charge in [-0.15, -0.1) is 0 Å². The van der Waals surface area contributed by atoms with Crippen LogP contribution in [0.5, 0.6) is 11.5 Å². The Balaban J connectivity index is 1.39. The number of nitrogens with one attached hydrogen (secondary N) is 2. The van der Waals surface area contributed by atoms with E-state index >= 15 is 0 Å². The van der Waals surface area contributed by atoms with Crippen molar-refractivity contribution in [3.63, 3.8) is 0 Å². The molecular formula is C29H24N4O5S. The fraction of sp³-hybridized carbons (Fsp3) is 0.0690. The van der Waals surface area contributed by atoms with Crippen molar-refractivity contribution in [2.45, 2.75) is 11.8 Å². The van der Waals surface area contributed by atoms with E-state index in [1.165, 1.54) is 12.1 Å². The third-order valence-electron chi connectivity index (χ3n) is 5.94. The van der Waals surface area contributed by atoms with E-state index in [0.29, 0.717) is 28.4 Å². The van der Waals surface area contributed by atoms with Gasteiger partial charge in [-0.25, -0.2) is 13.8 Å². The number of carbonyl (C=O) groups is 2. The van der Waals surface area contributed by atoms with Gasteiger partial charge in [-0.3, -0.25) is 13.9 Å².